The smallest absolute Gasteiger partial charge is 0.275 e. The summed E-state index contributed by atoms with van der Waals surface area (Å²) in [6, 6.07) is 8.79. The highest BCUT2D eigenvalue weighted by molar-refractivity contribution is 8.00. The summed E-state index contributed by atoms with van der Waals surface area (Å²) < 4.78 is 32.3. The van der Waals surface area contributed by atoms with Gasteiger partial charge in [0.15, 0.2) is 11.6 Å². The lowest BCUT2D eigenvalue weighted by Gasteiger charge is -2.10. The normalized spacial score (nSPS) is 10.2. The van der Waals surface area contributed by atoms with Gasteiger partial charge in [0.05, 0.1) is 12.9 Å². The van der Waals surface area contributed by atoms with Crippen LogP contribution in [0.3, 0.4) is 0 Å². The number of rotatable bonds is 5. The number of carbonyl (C=O) groups is 2. The van der Waals surface area contributed by atoms with Crippen molar-refractivity contribution >= 4 is 35.2 Å². The lowest BCUT2D eigenvalue weighted by Crippen LogP contribution is -2.43. The van der Waals surface area contributed by atoms with Crippen molar-refractivity contribution in [1.29, 1.82) is 0 Å². The largest absolute Gasteiger partial charge is 0.494 e. The summed E-state index contributed by atoms with van der Waals surface area (Å²) >= 11 is 6.97. The van der Waals surface area contributed by atoms with Gasteiger partial charge in [0.1, 0.15) is 11.4 Å². The molecule has 0 fully saturated rings. The van der Waals surface area contributed by atoms with E-state index in [0.717, 1.165) is 17.0 Å². The number of carbonyl (C=O) groups excluding carboxylic acids is 2. The molecule has 0 spiro atoms. The summed E-state index contributed by atoms with van der Waals surface area (Å²) in [7, 11) is 1.19. The molecule has 25 heavy (non-hydrogen) atoms. The van der Waals surface area contributed by atoms with Gasteiger partial charge in [0, 0.05) is 9.92 Å². The van der Waals surface area contributed by atoms with Crippen LogP contribution < -0.4 is 15.6 Å². The zero-order valence-electron chi connectivity index (χ0n) is 12.9. The van der Waals surface area contributed by atoms with Crippen LogP contribution in [0.25, 0.3) is 0 Å². The molecule has 5 nitrogen and oxygen atoms in total. The van der Waals surface area contributed by atoms with Gasteiger partial charge in [-0.2, -0.15) is 0 Å². The van der Waals surface area contributed by atoms with Crippen LogP contribution in [0.15, 0.2) is 41.3 Å². The second kappa shape index (κ2) is 8.68. The summed E-state index contributed by atoms with van der Waals surface area (Å²) in [5, 5.41) is 0.573. The summed E-state index contributed by atoms with van der Waals surface area (Å²) in [5.74, 6) is -4.18. The van der Waals surface area contributed by atoms with Crippen LogP contribution in [-0.4, -0.2) is 24.7 Å². The standard InChI is InChI=1S/C16H13ClF2N2O3S/c1-24-12-7-6-11(18)14(15(12)19)16(23)21-20-13(22)8-25-10-4-2-9(17)3-5-10/h2-7H,8H2,1H3,(H,20,22)(H,21,23). The molecule has 0 unspecified atom stereocenters. The van der Waals surface area contributed by atoms with Gasteiger partial charge >= 0.3 is 0 Å². The molecule has 2 aromatic carbocycles. The van der Waals surface area contributed by atoms with Crippen LogP contribution >= 0.6 is 23.4 Å². The van der Waals surface area contributed by atoms with Crippen molar-refractivity contribution in [3.05, 3.63) is 58.6 Å². The number of methoxy groups -OCH3 is 1. The molecule has 0 aliphatic heterocycles. The first kappa shape index (κ1) is 19.0. The zero-order valence-corrected chi connectivity index (χ0v) is 14.5. The molecule has 0 atom stereocenters. The molecular weight excluding hydrogens is 374 g/mol. The molecular formula is C16H13ClF2N2O3S. The van der Waals surface area contributed by atoms with E-state index in [4.69, 9.17) is 16.3 Å². The van der Waals surface area contributed by atoms with E-state index in [0.29, 0.717) is 5.02 Å². The van der Waals surface area contributed by atoms with E-state index in [1.54, 1.807) is 24.3 Å². The van der Waals surface area contributed by atoms with Crippen molar-refractivity contribution in [2.75, 3.05) is 12.9 Å². The topological polar surface area (TPSA) is 67.4 Å². The summed E-state index contributed by atoms with van der Waals surface area (Å²) in [5.41, 5.74) is 3.22. The van der Waals surface area contributed by atoms with E-state index in [1.165, 1.54) is 18.9 Å². The van der Waals surface area contributed by atoms with Crippen molar-refractivity contribution in [2.24, 2.45) is 0 Å². The maximum atomic E-state index is 14.0. The molecule has 132 valence electrons. The third-order valence-corrected chi connectivity index (χ3v) is 4.27. The van der Waals surface area contributed by atoms with Crippen LogP contribution in [0, 0.1) is 11.6 Å². The maximum absolute atomic E-state index is 14.0. The highest BCUT2D eigenvalue weighted by atomic mass is 35.5. The lowest BCUT2D eigenvalue weighted by atomic mass is 10.1. The Morgan fingerprint density at radius 3 is 2.44 bits per heavy atom. The van der Waals surface area contributed by atoms with Gasteiger partial charge in [-0.1, -0.05) is 11.6 Å². The van der Waals surface area contributed by atoms with Gasteiger partial charge in [-0.25, -0.2) is 8.78 Å². The van der Waals surface area contributed by atoms with Gasteiger partial charge in [0.25, 0.3) is 5.91 Å². The fraction of sp³-hybridized carbons (Fsp3) is 0.125. The third-order valence-electron chi connectivity index (χ3n) is 3.00. The number of ether oxygens (including phenoxy) is 1. The summed E-state index contributed by atoms with van der Waals surface area (Å²) in [6.07, 6.45) is 0. The van der Waals surface area contributed by atoms with Gasteiger partial charge < -0.3 is 4.74 Å². The first-order chi connectivity index (χ1) is 11.9. The van der Waals surface area contributed by atoms with Crippen molar-refractivity contribution < 1.29 is 23.1 Å². The maximum Gasteiger partial charge on any atom is 0.275 e. The highest BCUT2D eigenvalue weighted by Crippen LogP contribution is 2.23. The summed E-state index contributed by atoms with van der Waals surface area (Å²) in [6.45, 7) is 0. The number of benzene rings is 2. The van der Waals surface area contributed by atoms with Gasteiger partial charge in [-0.3, -0.25) is 20.4 Å². The molecule has 0 aromatic heterocycles. The third kappa shape index (κ3) is 5.07. The molecule has 2 amide bonds. The minimum atomic E-state index is -1.15. The average Bonchev–Trinajstić information content (AvgIpc) is 2.59. The minimum absolute atomic E-state index is 0.00894. The Hall–Kier alpha value is -2.32. The van der Waals surface area contributed by atoms with E-state index >= 15 is 0 Å². The number of hydrogen-bond donors (Lipinski definition) is 2. The first-order valence-corrected chi connectivity index (χ1v) is 8.28. The number of hydrogen-bond acceptors (Lipinski definition) is 4. The fourth-order valence-corrected chi connectivity index (χ4v) is 2.63. The number of hydrazine groups is 1. The van der Waals surface area contributed by atoms with E-state index in [-0.39, 0.29) is 11.5 Å². The Balaban J connectivity index is 1.91. The number of thioether (sulfide) groups is 1. The molecule has 0 aliphatic carbocycles. The van der Waals surface area contributed by atoms with Crippen molar-refractivity contribution in [2.45, 2.75) is 4.90 Å². The molecule has 2 rings (SSSR count). The van der Waals surface area contributed by atoms with Crippen molar-refractivity contribution in [1.82, 2.24) is 10.9 Å². The molecule has 0 saturated heterocycles. The molecule has 0 saturated carbocycles. The van der Waals surface area contributed by atoms with Crippen LogP contribution in [0.1, 0.15) is 10.4 Å². The summed E-state index contributed by atoms with van der Waals surface area (Å²) in [4.78, 5) is 24.4. The number of halogens is 3. The van der Waals surface area contributed by atoms with E-state index in [1.807, 2.05) is 5.43 Å². The van der Waals surface area contributed by atoms with E-state index < -0.39 is 29.0 Å². The Morgan fingerprint density at radius 1 is 1.12 bits per heavy atom. The highest BCUT2D eigenvalue weighted by Gasteiger charge is 2.21. The second-order valence-electron chi connectivity index (χ2n) is 4.68. The van der Waals surface area contributed by atoms with Crippen LogP contribution in [0.2, 0.25) is 5.02 Å². The fourth-order valence-electron chi connectivity index (χ4n) is 1.80. The van der Waals surface area contributed by atoms with Crippen molar-refractivity contribution in [3.8, 4) is 5.75 Å². The molecule has 2 N–H and O–H groups in total. The molecule has 0 heterocycles. The lowest BCUT2D eigenvalue weighted by molar-refractivity contribution is -0.119. The Labute approximate surface area is 151 Å². The SMILES string of the molecule is COc1ccc(F)c(C(=O)NNC(=O)CSc2ccc(Cl)cc2)c1F. The van der Waals surface area contributed by atoms with Crippen molar-refractivity contribution in [3.63, 3.8) is 0 Å². The minimum Gasteiger partial charge on any atom is -0.494 e. The van der Waals surface area contributed by atoms with Gasteiger partial charge in [-0.15, -0.1) is 11.8 Å². The Bertz CT molecular complexity index is 788. The van der Waals surface area contributed by atoms with Crippen LogP contribution in [0.4, 0.5) is 8.78 Å². The predicted molar refractivity (Wildman–Crippen MR) is 90.7 cm³/mol. The molecule has 9 heteroatoms. The quantitative estimate of drug-likeness (QED) is 0.612. The van der Waals surface area contributed by atoms with Crippen LogP contribution in [-0.2, 0) is 4.79 Å². The molecule has 2 aromatic rings. The van der Waals surface area contributed by atoms with Gasteiger partial charge in [-0.05, 0) is 36.4 Å². The number of amides is 2. The Morgan fingerprint density at radius 2 is 1.80 bits per heavy atom. The second-order valence-corrected chi connectivity index (χ2v) is 6.17. The molecule has 0 bridgehead atoms. The molecule has 0 radical (unpaired) electrons. The number of nitrogens with one attached hydrogen (secondary N) is 2. The monoisotopic (exact) mass is 386 g/mol. The Kier molecular flexibility index (Phi) is 6.60. The average molecular weight is 387 g/mol. The van der Waals surface area contributed by atoms with Crippen LogP contribution in [0.5, 0.6) is 5.75 Å². The van der Waals surface area contributed by atoms with E-state index in [2.05, 4.69) is 5.43 Å². The van der Waals surface area contributed by atoms with Gasteiger partial charge in [0.2, 0.25) is 5.91 Å². The zero-order chi connectivity index (χ0) is 18.4. The molecule has 0 aliphatic rings. The van der Waals surface area contributed by atoms with E-state index in [9.17, 15) is 18.4 Å². The first-order valence-electron chi connectivity index (χ1n) is 6.92. The predicted octanol–water partition coefficient (Wildman–Crippen LogP) is 3.18.